The van der Waals surface area contributed by atoms with Crippen molar-refractivity contribution in [2.45, 2.75) is 65.5 Å². The van der Waals surface area contributed by atoms with Crippen molar-refractivity contribution in [2.24, 2.45) is 5.41 Å². The molecule has 1 unspecified atom stereocenters. The number of rotatable bonds is 2. The van der Waals surface area contributed by atoms with E-state index in [9.17, 15) is 0 Å². The normalized spacial score (nSPS) is 18.5. The minimum atomic E-state index is 0. The average Bonchev–Trinajstić information content (AvgIpc) is 2.83. The third-order valence-corrected chi connectivity index (χ3v) is 4.23. The second-order valence-electron chi connectivity index (χ2n) is 7.51. The van der Waals surface area contributed by atoms with Crippen LogP contribution in [-0.2, 0) is 0 Å². The molecule has 0 amide bonds. The fraction of sp³-hybridized carbons (Fsp3) is 1.00. The van der Waals surface area contributed by atoms with Gasteiger partial charge in [-0.15, -0.1) is 0 Å². The molecule has 2 nitrogen and oxygen atoms in total. The molecule has 3 N–H and O–H groups in total. The van der Waals surface area contributed by atoms with Gasteiger partial charge in [-0.05, 0) is 13.3 Å². The van der Waals surface area contributed by atoms with E-state index in [0.29, 0.717) is 5.41 Å². The highest BCUT2D eigenvalue weighted by Crippen LogP contribution is 2.28. The molecule has 0 aliphatic heterocycles. The fourth-order valence-corrected chi connectivity index (χ4v) is 1.38. The summed E-state index contributed by atoms with van der Waals surface area (Å²) in [6, 6.07) is 0.986. The van der Waals surface area contributed by atoms with Crippen LogP contribution < -0.4 is 30.5 Å². The highest BCUT2D eigenvalue weighted by atomic mass is 35.5. The van der Waals surface area contributed by atoms with Crippen molar-refractivity contribution in [3.8, 4) is 0 Å². The summed E-state index contributed by atoms with van der Waals surface area (Å²) in [6.45, 7) is 11.1. The molecule has 4 heteroatoms. The molecule has 1 aliphatic carbocycles. The first kappa shape index (κ1) is 23.6. The third-order valence-electron chi connectivity index (χ3n) is 4.23. The van der Waals surface area contributed by atoms with Crippen LogP contribution in [0.1, 0.15) is 53.9 Å². The lowest BCUT2D eigenvalue weighted by Gasteiger charge is -2.33. The molecular formula is C14H34Cl2N2. The molecule has 0 aromatic heterocycles. The molecule has 1 saturated carbocycles. The van der Waals surface area contributed by atoms with E-state index in [1.807, 2.05) is 0 Å². The van der Waals surface area contributed by atoms with Crippen molar-refractivity contribution in [1.82, 2.24) is 0 Å². The van der Waals surface area contributed by atoms with Gasteiger partial charge >= 0.3 is 0 Å². The van der Waals surface area contributed by atoms with Crippen LogP contribution in [0.3, 0.4) is 0 Å². The average molecular weight is 301 g/mol. The second-order valence-corrected chi connectivity index (χ2v) is 7.51. The molecule has 114 valence electrons. The van der Waals surface area contributed by atoms with E-state index in [1.165, 1.54) is 17.3 Å². The standard InChI is InChI=1S/C8H19N.C6H14N.2ClH/c1-6-8(5,9)7(2,3)4;1-7(2,3)6-4-5-6;;/h6,9H2,1-5H3;6H,4-5H2,1-3H3;2*1H/q;+1;;/p-1. The molecule has 0 spiro atoms. The predicted molar refractivity (Wildman–Crippen MR) is 72.1 cm³/mol. The molecule has 1 fully saturated rings. The Kier molecular flexibility index (Phi) is 10.4. The SMILES string of the molecule is CCC(C)([NH3+])C(C)(C)C.C[N+](C)(C)C1CC1.[Cl-].[Cl-]. The number of hydrogen-bond donors (Lipinski definition) is 1. The topological polar surface area (TPSA) is 27.6 Å². The molecular weight excluding hydrogens is 267 g/mol. The summed E-state index contributed by atoms with van der Waals surface area (Å²) in [5.74, 6) is 0. The smallest absolute Gasteiger partial charge is 0.0963 e. The number of halogens is 2. The Hall–Kier alpha value is 0.500. The lowest BCUT2D eigenvalue weighted by Crippen LogP contribution is -3.00. The van der Waals surface area contributed by atoms with Gasteiger partial charge in [0, 0.05) is 18.3 Å². The number of nitrogens with zero attached hydrogens (tertiary/aromatic N) is 1. The summed E-state index contributed by atoms with van der Waals surface area (Å²) >= 11 is 0. The van der Waals surface area contributed by atoms with E-state index in [1.54, 1.807) is 0 Å². The summed E-state index contributed by atoms with van der Waals surface area (Å²) < 4.78 is 1.17. The van der Waals surface area contributed by atoms with Crippen LogP contribution in [0.5, 0.6) is 0 Å². The summed E-state index contributed by atoms with van der Waals surface area (Å²) in [7, 11) is 6.78. The van der Waals surface area contributed by atoms with Crippen LogP contribution >= 0.6 is 0 Å². The monoisotopic (exact) mass is 300 g/mol. The van der Waals surface area contributed by atoms with Crippen LogP contribution in [-0.4, -0.2) is 37.2 Å². The second kappa shape index (κ2) is 7.94. The Balaban J connectivity index is -0.000000229. The molecule has 1 aliphatic rings. The number of quaternary nitrogens is 2. The van der Waals surface area contributed by atoms with Crippen molar-refractivity contribution in [3.05, 3.63) is 0 Å². The van der Waals surface area contributed by atoms with Gasteiger partial charge in [0.25, 0.3) is 0 Å². The van der Waals surface area contributed by atoms with E-state index in [0.717, 1.165) is 12.5 Å². The zero-order valence-corrected chi connectivity index (χ0v) is 15.1. The third kappa shape index (κ3) is 8.58. The molecule has 1 atom stereocenters. The minimum absolute atomic E-state index is 0. The van der Waals surface area contributed by atoms with Crippen LogP contribution in [0.2, 0.25) is 0 Å². The van der Waals surface area contributed by atoms with Gasteiger partial charge in [-0.2, -0.15) is 0 Å². The maximum Gasteiger partial charge on any atom is 0.0963 e. The van der Waals surface area contributed by atoms with Crippen LogP contribution in [0, 0.1) is 5.41 Å². The zero-order valence-electron chi connectivity index (χ0n) is 13.6. The molecule has 0 saturated heterocycles. The number of hydrogen-bond acceptors (Lipinski definition) is 0. The first-order valence-corrected chi connectivity index (χ1v) is 6.58. The van der Waals surface area contributed by atoms with Gasteiger partial charge in [-0.1, -0.05) is 27.7 Å². The van der Waals surface area contributed by atoms with E-state index < -0.39 is 0 Å². The zero-order chi connectivity index (χ0) is 13.2. The van der Waals surface area contributed by atoms with Crippen molar-refractivity contribution in [1.29, 1.82) is 0 Å². The van der Waals surface area contributed by atoms with Gasteiger partial charge in [-0.3, -0.25) is 0 Å². The maximum atomic E-state index is 4.16. The van der Waals surface area contributed by atoms with Gasteiger partial charge in [-0.25, -0.2) is 0 Å². The van der Waals surface area contributed by atoms with E-state index in [4.69, 9.17) is 0 Å². The molecule has 0 aromatic carbocycles. The molecule has 0 aromatic rings. The van der Waals surface area contributed by atoms with E-state index in [-0.39, 0.29) is 30.4 Å². The molecule has 0 radical (unpaired) electrons. The van der Waals surface area contributed by atoms with E-state index in [2.05, 4.69) is 61.5 Å². The van der Waals surface area contributed by atoms with Crippen molar-refractivity contribution >= 4 is 0 Å². The van der Waals surface area contributed by atoms with Crippen molar-refractivity contribution < 1.29 is 35.0 Å². The lowest BCUT2D eigenvalue weighted by atomic mass is 9.74. The van der Waals surface area contributed by atoms with Gasteiger partial charge in [0.05, 0.1) is 32.7 Å². The van der Waals surface area contributed by atoms with Crippen molar-refractivity contribution in [2.75, 3.05) is 21.1 Å². The lowest BCUT2D eigenvalue weighted by molar-refractivity contribution is -0.881. The van der Waals surface area contributed by atoms with Crippen LogP contribution in [0.25, 0.3) is 0 Å². The van der Waals surface area contributed by atoms with Crippen molar-refractivity contribution in [3.63, 3.8) is 0 Å². The Morgan fingerprint density at radius 3 is 1.33 bits per heavy atom. The summed E-state index contributed by atoms with van der Waals surface area (Å²) in [5, 5.41) is 0. The predicted octanol–water partition coefficient (Wildman–Crippen LogP) is -3.69. The quantitative estimate of drug-likeness (QED) is 0.509. The highest BCUT2D eigenvalue weighted by molar-refractivity contribution is 4.82. The summed E-state index contributed by atoms with van der Waals surface area (Å²) in [6.07, 6.45) is 4.05. The minimum Gasteiger partial charge on any atom is -1.00 e. The summed E-state index contributed by atoms with van der Waals surface area (Å²) in [4.78, 5) is 0. The molecule has 0 heterocycles. The first-order valence-electron chi connectivity index (χ1n) is 6.58. The first-order chi connectivity index (χ1) is 6.92. The summed E-state index contributed by atoms with van der Waals surface area (Å²) in [5.41, 5.74) is 4.72. The largest absolute Gasteiger partial charge is 1.00 e. The maximum absolute atomic E-state index is 4.16. The Labute approximate surface area is 127 Å². The highest BCUT2D eigenvalue weighted by Gasteiger charge is 2.35. The molecule has 0 bridgehead atoms. The van der Waals surface area contributed by atoms with Gasteiger partial charge < -0.3 is 35.0 Å². The van der Waals surface area contributed by atoms with Gasteiger partial charge in [0.1, 0.15) is 0 Å². The fourth-order valence-electron chi connectivity index (χ4n) is 1.38. The molecule has 1 rings (SSSR count). The Morgan fingerprint density at radius 2 is 1.33 bits per heavy atom. The van der Waals surface area contributed by atoms with Crippen LogP contribution in [0.15, 0.2) is 0 Å². The molecule has 18 heavy (non-hydrogen) atoms. The van der Waals surface area contributed by atoms with Gasteiger partial charge in [0.2, 0.25) is 0 Å². The van der Waals surface area contributed by atoms with Crippen LogP contribution in [0.4, 0.5) is 0 Å². The van der Waals surface area contributed by atoms with Gasteiger partial charge in [0.15, 0.2) is 0 Å². The Bertz CT molecular complexity index is 211. The Morgan fingerprint density at radius 1 is 1.00 bits per heavy atom. The van der Waals surface area contributed by atoms with E-state index >= 15 is 0 Å².